The summed E-state index contributed by atoms with van der Waals surface area (Å²) in [5.41, 5.74) is 0.222. The number of rotatable bonds is 5. The van der Waals surface area contributed by atoms with Crippen LogP contribution in [-0.4, -0.2) is 36.3 Å². The maximum Gasteiger partial charge on any atom is 0.412 e. The van der Waals surface area contributed by atoms with E-state index >= 15 is 8.78 Å². The average Bonchev–Trinajstić information content (AvgIpc) is 3.32. The van der Waals surface area contributed by atoms with Gasteiger partial charge in [-0.1, -0.05) is 0 Å². The second kappa shape index (κ2) is 9.54. The topological polar surface area (TPSA) is 116 Å². The predicted molar refractivity (Wildman–Crippen MR) is 137 cm³/mol. The van der Waals surface area contributed by atoms with Gasteiger partial charge >= 0.3 is 6.09 Å². The van der Waals surface area contributed by atoms with E-state index in [1.54, 1.807) is 56.6 Å². The number of nitrogens with zero attached hydrogens (tertiary/aromatic N) is 5. The van der Waals surface area contributed by atoms with Gasteiger partial charge in [0.25, 0.3) is 0 Å². The first-order valence-corrected chi connectivity index (χ1v) is 11.6. The van der Waals surface area contributed by atoms with Crippen LogP contribution in [0.15, 0.2) is 55.2 Å². The number of amides is 1. The van der Waals surface area contributed by atoms with Gasteiger partial charge in [-0.3, -0.25) is 5.32 Å². The Bertz CT molecular complexity index is 1680. The number of aromatic nitrogens is 5. The van der Waals surface area contributed by atoms with Crippen molar-refractivity contribution < 1.29 is 23.0 Å². The Kier molecular flexibility index (Phi) is 6.23. The highest BCUT2D eigenvalue weighted by molar-refractivity contribution is 5.96. The van der Waals surface area contributed by atoms with Crippen molar-refractivity contribution in [3.63, 3.8) is 0 Å². The molecule has 0 saturated carbocycles. The van der Waals surface area contributed by atoms with Crippen LogP contribution in [0.4, 0.5) is 30.8 Å². The molecule has 0 aliphatic rings. The van der Waals surface area contributed by atoms with Gasteiger partial charge in [-0.05, 0) is 58.0 Å². The summed E-state index contributed by atoms with van der Waals surface area (Å²) in [6.07, 6.45) is 3.51. The summed E-state index contributed by atoms with van der Waals surface area (Å²) < 4.78 is 43.5. The third-order valence-corrected chi connectivity index (χ3v) is 5.45. The van der Waals surface area contributed by atoms with Gasteiger partial charge in [-0.25, -0.2) is 33.0 Å². The molecule has 0 unspecified atom stereocenters. The minimum Gasteiger partial charge on any atom is -0.457 e. The van der Waals surface area contributed by atoms with Crippen molar-refractivity contribution in [2.24, 2.45) is 0 Å². The third-order valence-electron chi connectivity index (χ3n) is 5.45. The predicted octanol–water partition coefficient (Wildman–Crippen LogP) is 6.14. The number of hydrogen-bond donors (Lipinski definition) is 2. The molecular formula is C26H23F2N7O3. The van der Waals surface area contributed by atoms with Crippen molar-refractivity contribution in [2.45, 2.75) is 33.3 Å². The largest absolute Gasteiger partial charge is 0.457 e. The number of anilines is 3. The number of carbonyl (C=O) groups excluding carboxylic acids is 1. The molecule has 0 bridgehead atoms. The molecule has 1 amide bonds. The van der Waals surface area contributed by atoms with Crippen LogP contribution in [0.25, 0.3) is 16.6 Å². The lowest BCUT2D eigenvalue weighted by Gasteiger charge is -2.20. The number of pyridine rings is 1. The minimum absolute atomic E-state index is 0.0181. The molecule has 0 spiro atoms. The van der Waals surface area contributed by atoms with E-state index in [1.807, 2.05) is 0 Å². The van der Waals surface area contributed by atoms with E-state index in [0.29, 0.717) is 17.1 Å². The maximum atomic E-state index is 15.5. The maximum absolute atomic E-state index is 15.5. The summed E-state index contributed by atoms with van der Waals surface area (Å²) in [7, 11) is 0. The molecule has 2 N–H and O–H groups in total. The second-order valence-corrected chi connectivity index (χ2v) is 9.37. The molecule has 0 saturated heterocycles. The Morgan fingerprint density at radius 3 is 2.55 bits per heavy atom. The van der Waals surface area contributed by atoms with Gasteiger partial charge in [0.05, 0.1) is 22.3 Å². The van der Waals surface area contributed by atoms with E-state index in [-0.39, 0.29) is 33.7 Å². The second-order valence-electron chi connectivity index (χ2n) is 9.37. The summed E-state index contributed by atoms with van der Waals surface area (Å²) in [4.78, 5) is 24.5. The van der Waals surface area contributed by atoms with Gasteiger partial charge in [0, 0.05) is 17.8 Å². The Balaban J connectivity index is 1.43. The fourth-order valence-electron chi connectivity index (χ4n) is 3.71. The Morgan fingerprint density at radius 2 is 1.76 bits per heavy atom. The minimum atomic E-state index is -0.817. The summed E-state index contributed by atoms with van der Waals surface area (Å²) >= 11 is 0. The van der Waals surface area contributed by atoms with Gasteiger partial charge in [0.2, 0.25) is 0 Å². The normalized spacial score (nSPS) is 11.5. The van der Waals surface area contributed by atoms with Crippen molar-refractivity contribution in [1.82, 2.24) is 24.6 Å². The number of fused-ring (bicyclic) bond motifs is 2. The molecule has 0 radical (unpaired) electrons. The van der Waals surface area contributed by atoms with Crippen molar-refractivity contribution in [1.29, 1.82) is 0 Å². The van der Waals surface area contributed by atoms with Gasteiger partial charge in [0.15, 0.2) is 17.3 Å². The number of benzene rings is 2. The lowest BCUT2D eigenvalue weighted by molar-refractivity contribution is 0.0635. The molecule has 0 aliphatic heterocycles. The molecule has 10 nitrogen and oxygen atoms in total. The fourth-order valence-corrected chi connectivity index (χ4v) is 3.71. The molecule has 3 heterocycles. The van der Waals surface area contributed by atoms with Crippen LogP contribution in [0, 0.1) is 18.6 Å². The molecule has 0 fully saturated rings. The molecular weight excluding hydrogens is 496 g/mol. The van der Waals surface area contributed by atoms with Crippen molar-refractivity contribution >= 4 is 39.8 Å². The van der Waals surface area contributed by atoms with Crippen LogP contribution in [-0.2, 0) is 4.74 Å². The average molecular weight is 520 g/mol. The van der Waals surface area contributed by atoms with Crippen LogP contribution in [0.5, 0.6) is 11.5 Å². The molecule has 38 heavy (non-hydrogen) atoms. The van der Waals surface area contributed by atoms with E-state index in [9.17, 15) is 4.79 Å². The molecule has 12 heteroatoms. The van der Waals surface area contributed by atoms with Crippen LogP contribution >= 0.6 is 0 Å². The highest BCUT2D eigenvalue weighted by Gasteiger charge is 2.21. The standard InChI is InChI=1S/C26H23F2N7O3/c1-14-19(37-15-9-10-35-20(11-15)30-13-32-35)8-7-17(22(14)27)33-24-21-16(29-12-31-24)5-6-18(23(21)28)34-25(36)38-26(2,3)4/h5-13H,1-4H3,(H,34,36)(H,29,31,33). The lowest BCUT2D eigenvalue weighted by Crippen LogP contribution is -2.27. The molecule has 194 valence electrons. The molecule has 0 atom stereocenters. The monoisotopic (exact) mass is 519 g/mol. The molecule has 3 aromatic heterocycles. The third kappa shape index (κ3) is 5.01. The van der Waals surface area contributed by atoms with Crippen molar-refractivity contribution in [2.75, 3.05) is 10.6 Å². The quantitative estimate of drug-likeness (QED) is 0.284. The Hall–Kier alpha value is -4.87. The van der Waals surface area contributed by atoms with Crippen LogP contribution in [0.2, 0.25) is 0 Å². The smallest absolute Gasteiger partial charge is 0.412 e. The van der Waals surface area contributed by atoms with Crippen LogP contribution < -0.4 is 15.4 Å². The molecule has 5 rings (SSSR count). The Labute approximate surface area is 215 Å². The lowest BCUT2D eigenvalue weighted by atomic mass is 10.1. The van der Waals surface area contributed by atoms with Gasteiger partial charge in [-0.2, -0.15) is 5.10 Å². The number of ether oxygens (including phenoxy) is 2. The summed E-state index contributed by atoms with van der Waals surface area (Å²) in [6, 6.07) is 9.29. The number of carbonyl (C=O) groups is 1. The Morgan fingerprint density at radius 1 is 0.974 bits per heavy atom. The first-order valence-electron chi connectivity index (χ1n) is 11.6. The van der Waals surface area contributed by atoms with Crippen molar-refractivity contribution in [3.05, 3.63) is 72.4 Å². The highest BCUT2D eigenvalue weighted by Crippen LogP contribution is 2.34. The SMILES string of the molecule is Cc1c(Oc2ccn3ncnc3c2)ccc(Nc2ncnc3ccc(NC(=O)OC(C)(C)C)c(F)c23)c1F. The summed E-state index contributed by atoms with van der Waals surface area (Å²) in [5.74, 6) is -0.634. The molecule has 5 aromatic rings. The van der Waals surface area contributed by atoms with E-state index in [4.69, 9.17) is 9.47 Å². The van der Waals surface area contributed by atoms with E-state index < -0.39 is 23.3 Å². The summed E-state index contributed by atoms with van der Waals surface area (Å²) in [6.45, 7) is 6.65. The van der Waals surface area contributed by atoms with E-state index in [1.165, 1.54) is 30.9 Å². The number of hydrogen-bond acceptors (Lipinski definition) is 8. The van der Waals surface area contributed by atoms with Gasteiger partial charge in [-0.15, -0.1) is 0 Å². The van der Waals surface area contributed by atoms with Gasteiger partial charge in [0.1, 0.15) is 35.6 Å². The van der Waals surface area contributed by atoms with Crippen LogP contribution in [0.3, 0.4) is 0 Å². The number of halogens is 2. The zero-order chi connectivity index (χ0) is 27.0. The van der Waals surface area contributed by atoms with E-state index in [2.05, 4.69) is 30.7 Å². The first-order chi connectivity index (χ1) is 18.1. The first kappa shape index (κ1) is 24.8. The highest BCUT2D eigenvalue weighted by atomic mass is 19.1. The fraction of sp³-hybridized carbons (Fsp3) is 0.192. The number of nitrogens with one attached hydrogen (secondary N) is 2. The zero-order valence-corrected chi connectivity index (χ0v) is 20.9. The van der Waals surface area contributed by atoms with Gasteiger partial charge < -0.3 is 14.8 Å². The van der Waals surface area contributed by atoms with Crippen molar-refractivity contribution in [3.8, 4) is 11.5 Å². The summed E-state index contributed by atoms with van der Waals surface area (Å²) in [5, 5.41) is 9.23. The molecule has 2 aromatic carbocycles. The van der Waals surface area contributed by atoms with E-state index in [0.717, 1.165) is 0 Å². The molecule has 0 aliphatic carbocycles. The zero-order valence-electron chi connectivity index (χ0n) is 20.9. The van der Waals surface area contributed by atoms with Crippen LogP contribution in [0.1, 0.15) is 26.3 Å².